The molecule has 0 atom stereocenters. The van der Waals surface area contributed by atoms with Gasteiger partial charge in [0.25, 0.3) is 5.91 Å². The van der Waals surface area contributed by atoms with Crippen molar-refractivity contribution in [3.05, 3.63) is 51.7 Å². The molecule has 9 heteroatoms. The zero-order valence-electron chi connectivity index (χ0n) is 12.9. The number of nitrogens with one attached hydrogen (secondary N) is 1. The van der Waals surface area contributed by atoms with Gasteiger partial charge in [-0.2, -0.15) is 0 Å². The summed E-state index contributed by atoms with van der Waals surface area (Å²) in [6.07, 6.45) is 3.71. The molecule has 2 heterocycles. The molecule has 126 valence electrons. The van der Waals surface area contributed by atoms with Gasteiger partial charge in [-0.3, -0.25) is 4.79 Å². The molecule has 0 bridgehead atoms. The van der Waals surface area contributed by atoms with Gasteiger partial charge >= 0.3 is 0 Å². The maximum atomic E-state index is 12.5. The number of carbonyl (C=O) groups excluding carboxylic acids is 1. The van der Waals surface area contributed by atoms with Gasteiger partial charge in [0.1, 0.15) is 5.15 Å². The fourth-order valence-corrected chi connectivity index (χ4v) is 2.99. The normalized spacial score (nSPS) is 13.7. The highest BCUT2D eigenvalue weighted by molar-refractivity contribution is 9.10. The molecular weight excluding hydrogens is 408 g/mol. The van der Waals surface area contributed by atoms with Crippen LogP contribution in [0.5, 0.6) is 0 Å². The number of tetrazole rings is 1. The Labute approximate surface area is 156 Å². The maximum absolute atomic E-state index is 12.5. The molecule has 1 aliphatic rings. The molecule has 1 aromatic carbocycles. The van der Waals surface area contributed by atoms with E-state index in [1.807, 2.05) is 22.9 Å². The van der Waals surface area contributed by atoms with Crippen molar-refractivity contribution < 1.29 is 4.79 Å². The van der Waals surface area contributed by atoms with Crippen molar-refractivity contribution in [1.82, 2.24) is 25.2 Å². The van der Waals surface area contributed by atoms with E-state index in [2.05, 4.69) is 41.8 Å². The highest BCUT2D eigenvalue weighted by Gasteiger charge is 2.28. The standard InChI is InChI=1S/C16H12BrClN6O/c17-10-7-13(14(18)19-8-10)16(25)20-11-3-1-2-9(6-11)15-21-22-23-24(15)12-4-5-12/h1-3,6-8,12H,4-5H2,(H,20,25). The summed E-state index contributed by atoms with van der Waals surface area (Å²) < 4.78 is 2.51. The van der Waals surface area contributed by atoms with Crippen LogP contribution in [0.25, 0.3) is 11.4 Å². The fraction of sp³-hybridized carbons (Fsp3) is 0.188. The first kappa shape index (κ1) is 16.2. The van der Waals surface area contributed by atoms with Crippen LogP contribution in [0.15, 0.2) is 41.0 Å². The van der Waals surface area contributed by atoms with E-state index in [0.29, 0.717) is 27.6 Å². The number of pyridine rings is 1. The van der Waals surface area contributed by atoms with Crippen LogP contribution >= 0.6 is 27.5 Å². The molecular formula is C16H12BrClN6O. The van der Waals surface area contributed by atoms with Gasteiger partial charge in [0.2, 0.25) is 0 Å². The van der Waals surface area contributed by atoms with Crippen molar-refractivity contribution in [1.29, 1.82) is 0 Å². The summed E-state index contributed by atoms with van der Waals surface area (Å²) in [6, 6.07) is 9.39. The molecule has 4 rings (SSSR count). The Morgan fingerprint density at radius 2 is 2.16 bits per heavy atom. The van der Waals surface area contributed by atoms with E-state index in [0.717, 1.165) is 18.4 Å². The Morgan fingerprint density at radius 3 is 2.96 bits per heavy atom. The van der Waals surface area contributed by atoms with Gasteiger partial charge in [-0.15, -0.1) is 5.10 Å². The SMILES string of the molecule is O=C(Nc1cccc(-c2nnnn2C2CC2)c1)c1cc(Br)cnc1Cl. The summed E-state index contributed by atoms with van der Waals surface area (Å²) in [5.74, 6) is 0.360. The lowest BCUT2D eigenvalue weighted by Gasteiger charge is -2.08. The van der Waals surface area contributed by atoms with E-state index in [4.69, 9.17) is 11.6 Å². The quantitative estimate of drug-likeness (QED) is 0.651. The van der Waals surface area contributed by atoms with Gasteiger partial charge in [0, 0.05) is 21.9 Å². The third kappa shape index (κ3) is 3.40. The Balaban J connectivity index is 1.60. The van der Waals surface area contributed by atoms with Crippen molar-refractivity contribution >= 4 is 39.1 Å². The summed E-state index contributed by atoms with van der Waals surface area (Å²) in [7, 11) is 0. The van der Waals surface area contributed by atoms with Crippen molar-refractivity contribution in [2.75, 3.05) is 5.32 Å². The lowest BCUT2D eigenvalue weighted by atomic mass is 10.1. The number of benzene rings is 1. The van der Waals surface area contributed by atoms with E-state index in [1.54, 1.807) is 12.1 Å². The van der Waals surface area contributed by atoms with Crippen LogP contribution in [0, 0.1) is 0 Å². The molecule has 3 aromatic rings. The van der Waals surface area contributed by atoms with Gasteiger partial charge in [0.15, 0.2) is 5.82 Å². The number of aromatic nitrogens is 5. The number of carbonyl (C=O) groups is 1. The Bertz CT molecular complexity index is 955. The molecule has 1 amide bonds. The van der Waals surface area contributed by atoms with Crippen LogP contribution in [0.2, 0.25) is 5.15 Å². The number of amides is 1. The second-order valence-corrected chi connectivity index (χ2v) is 6.98. The minimum Gasteiger partial charge on any atom is -0.322 e. The summed E-state index contributed by atoms with van der Waals surface area (Å²) >= 11 is 9.30. The van der Waals surface area contributed by atoms with Crippen LogP contribution in [-0.4, -0.2) is 31.1 Å². The number of halogens is 2. The van der Waals surface area contributed by atoms with Gasteiger partial charge in [0.05, 0.1) is 11.6 Å². The maximum Gasteiger partial charge on any atom is 0.258 e. The van der Waals surface area contributed by atoms with E-state index in [-0.39, 0.29) is 11.1 Å². The molecule has 0 unspecified atom stereocenters. The third-order valence-corrected chi connectivity index (χ3v) is 4.55. The molecule has 1 N–H and O–H groups in total. The first-order chi connectivity index (χ1) is 12.1. The smallest absolute Gasteiger partial charge is 0.258 e. The highest BCUT2D eigenvalue weighted by atomic mass is 79.9. The van der Waals surface area contributed by atoms with Crippen LogP contribution in [-0.2, 0) is 0 Å². The third-order valence-electron chi connectivity index (χ3n) is 3.81. The number of rotatable bonds is 4. The monoisotopic (exact) mass is 418 g/mol. The van der Waals surface area contributed by atoms with Crippen LogP contribution in [0.3, 0.4) is 0 Å². The summed E-state index contributed by atoms with van der Waals surface area (Å²) in [5, 5.41) is 14.9. The molecule has 1 aliphatic carbocycles. The van der Waals surface area contributed by atoms with Gasteiger partial charge in [-0.05, 0) is 57.4 Å². The molecule has 0 aliphatic heterocycles. The molecule has 1 saturated carbocycles. The fourth-order valence-electron chi connectivity index (χ4n) is 2.47. The van der Waals surface area contributed by atoms with Crippen molar-refractivity contribution in [3.63, 3.8) is 0 Å². The van der Waals surface area contributed by atoms with Crippen LogP contribution in [0.4, 0.5) is 5.69 Å². The van der Waals surface area contributed by atoms with E-state index in [9.17, 15) is 4.79 Å². The molecule has 25 heavy (non-hydrogen) atoms. The first-order valence-electron chi connectivity index (χ1n) is 7.62. The zero-order valence-corrected chi connectivity index (χ0v) is 15.2. The van der Waals surface area contributed by atoms with Gasteiger partial charge < -0.3 is 5.32 Å². The molecule has 0 radical (unpaired) electrons. The minimum atomic E-state index is -0.335. The number of hydrogen-bond acceptors (Lipinski definition) is 5. The predicted molar refractivity (Wildman–Crippen MR) is 96.4 cm³/mol. The molecule has 2 aromatic heterocycles. The molecule has 1 fully saturated rings. The van der Waals surface area contributed by atoms with Gasteiger partial charge in [-0.1, -0.05) is 23.7 Å². The van der Waals surface area contributed by atoms with Crippen molar-refractivity contribution in [2.45, 2.75) is 18.9 Å². The summed E-state index contributed by atoms with van der Waals surface area (Å²) in [6.45, 7) is 0. The van der Waals surface area contributed by atoms with Crippen molar-refractivity contribution in [3.8, 4) is 11.4 Å². The lowest BCUT2D eigenvalue weighted by Crippen LogP contribution is -2.13. The summed E-state index contributed by atoms with van der Waals surface area (Å²) in [4.78, 5) is 16.4. The van der Waals surface area contributed by atoms with E-state index >= 15 is 0 Å². The Hall–Kier alpha value is -2.32. The summed E-state index contributed by atoms with van der Waals surface area (Å²) in [5.41, 5.74) is 1.77. The predicted octanol–water partition coefficient (Wildman–Crippen LogP) is 3.74. The minimum absolute atomic E-state index is 0.148. The van der Waals surface area contributed by atoms with Gasteiger partial charge in [-0.25, -0.2) is 9.67 Å². The van der Waals surface area contributed by atoms with Crippen molar-refractivity contribution in [2.24, 2.45) is 0 Å². The Morgan fingerprint density at radius 1 is 1.32 bits per heavy atom. The number of nitrogens with zero attached hydrogens (tertiary/aromatic N) is 5. The second kappa shape index (κ2) is 6.53. The Kier molecular flexibility index (Phi) is 4.22. The zero-order chi connectivity index (χ0) is 17.4. The first-order valence-corrected chi connectivity index (χ1v) is 8.79. The second-order valence-electron chi connectivity index (χ2n) is 5.71. The number of hydrogen-bond donors (Lipinski definition) is 1. The topological polar surface area (TPSA) is 85.6 Å². The molecule has 0 saturated heterocycles. The average Bonchev–Trinajstić information content (AvgIpc) is 3.34. The largest absolute Gasteiger partial charge is 0.322 e. The molecule has 7 nitrogen and oxygen atoms in total. The van der Waals surface area contributed by atoms with E-state index in [1.165, 1.54) is 6.20 Å². The molecule has 0 spiro atoms. The van der Waals surface area contributed by atoms with E-state index < -0.39 is 0 Å². The number of anilines is 1. The van der Waals surface area contributed by atoms with Crippen LogP contribution in [0.1, 0.15) is 29.2 Å². The average molecular weight is 420 g/mol. The lowest BCUT2D eigenvalue weighted by molar-refractivity contribution is 0.102. The highest BCUT2D eigenvalue weighted by Crippen LogP contribution is 2.36. The van der Waals surface area contributed by atoms with Crippen LogP contribution < -0.4 is 5.32 Å².